The molecule has 2 saturated heterocycles. The zero-order chi connectivity index (χ0) is 14.8. The Morgan fingerprint density at radius 1 is 1.38 bits per heavy atom. The van der Waals surface area contributed by atoms with Crippen LogP contribution in [-0.4, -0.2) is 42.5 Å². The van der Waals surface area contributed by atoms with Crippen LogP contribution in [0.1, 0.15) is 36.0 Å². The van der Waals surface area contributed by atoms with Crippen LogP contribution in [0.4, 0.5) is 0 Å². The van der Waals surface area contributed by atoms with E-state index in [1.807, 2.05) is 4.90 Å². The molecular formula is C16H20N2O3. The summed E-state index contributed by atoms with van der Waals surface area (Å²) >= 11 is 0. The number of carbonyl (C=O) groups is 2. The number of nitrogens with zero attached hydrogens (tertiary/aromatic N) is 1. The van der Waals surface area contributed by atoms with E-state index in [4.69, 9.17) is 4.74 Å². The first kappa shape index (κ1) is 13.9. The van der Waals surface area contributed by atoms with E-state index in [0.717, 1.165) is 25.8 Å². The van der Waals surface area contributed by atoms with Crippen molar-refractivity contribution >= 4 is 11.8 Å². The number of methoxy groups -OCH3 is 1. The fraction of sp³-hybridized carbons (Fsp3) is 0.500. The Morgan fingerprint density at radius 2 is 2.24 bits per heavy atom. The van der Waals surface area contributed by atoms with Crippen molar-refractivity contribution in [1.29, 1.82) is 0 Å². The Morgan fingerprint density at radius 3 is 3.00 bits per heavy atom. The third-order valence-corrected chi connectivity index (χ3v) is 4.35. The first-order valence-corrected chi connectivity index (χ1v) is 7.44. The van der Waals surface area contributed by atoms with Gasteiger partial charge in [0.15, 0.2) is 0 Å². The second-order valence-electron chi connectivity index (χ2n) is 5.67. The Bertz CT molecular complexity index is 558. The van der Waals surface area contributed by atoms with Gasteiger partial charge in [0.25, 0.3) is 5.91 Å². The van der Waals surface area contributed by atoms with Gasteiger partial charge in [-0.1, -0.05) is 6.07 Å². The van der Waals surface area contributed by atoms with Crippen LogP contribution >= 0.6 is 0 Å². The zero-order valence-corrected chi connectivity index (χ0v) is 12.2. The number of hydrogen-bond acceptors (Lipinski definition) is 3. The van der Waals surface area contributed by atoms with Crippen LogP contribution in [0.3, 0.4) is 0 Å². The standard InChI is InChI=1S/C16H20N2O3/c1-21-13-7-4-5-11(9-13)15(19)17-14-10-12-6-2-3-8-18(12)16(14)20/h4-5,7,9,12,14H,2-3,6,8,10H2,1H3,(H,17,19). The minimum Gasteiger partial charge on any atom is -0.497 e. The van der Waals surface area contributed by atoms with Crippen molar-refractivity contribution in [2.75, 3.05) is 13.7 Å². The molecule has 2 heterocycles. The lowest BCUT2D eigenvalue weighted by atomic mass is 10.0. The second-order valence-corrected chi connectivity index (χ2v) is 5.67. The molecule has 0 spiro atoms. The molecule has 21 heavy (non-hydrogen) atoms. The lowest BCUT2D eigenvalue weighted by Gasteiger charge is -2.28. The number of hydrogen-bond donors (Lipinski definition) is 1. The normalized spacial score (nSPS) is 24.6. The molecule has 2 aliphatic heterocycles. The summed E-state index contributed by atoms with van der Waals surface area (Å²) in [4.78, 5) is 26.5. The fourth-order valence-corrected chi connectivity index (χ4v) is 3.24. The van der Waals surface area contributed by atoms with Crippen LogP contribution in [0.15, 0.2) is 24.3 Å². The van der Waals surface area contributed by atoms with Crippen LogP contribution in [0.5, 0.6) is 5.75 Å². The molecule has 2 atom stereocenters. The lowest BCUT2D eigenvalue weighted by Crippen LogP contribution is -2.43. The molecule has 2 aliphatic rings. The number of carbonyl (C=O) groups excluding carboxylic acids is 2. The lowest BCUT2D eigenvalue weighted by molar-refractivity contribution is -0.131. The van der Waals surface area contributed by atoms with Crippen LogP contribution in [0, 0.1) is 0 Å². The average Bonchev–Trinajstić information content (AvgIpc) is 2.84. The van der Waals surface area contributed by atoms with Gasteiger partial charge in [0, 0.05) is 18.2 Å². The zero-order valence-electron chi connectivity index (χ0n) is 12.2. The minimum atomic E-state index is -0.383. The summed E-state index contributed by atoms with van der Waals surface area (Å²) in [5.74, 6) is 0.487. The largest absolute Gasteiger partial charge is 0.497 e. The molecule has 1 N–H and O–H groups in total. The number of amides is 2. The summed E-state index contributed by atoms with van der Waals surface area (Å²) in [6.45, 7) is 0.828. The van der Waals surface area contributed by atoms with Crippen LogP contribution in [0.25, 0.3) is 0 Å². The Balaban J connectivity index is 1.68. The quantitative estimate of drug-likeness (QED) is 0.918. The summed E-state index contributed by atoms with van der Waals surface area (Å²) in [6, 6.07) is 6.89. The fourth-order valence-electron chi connectivity index (χ4n) is 3.24. The Hall–Kier alpha value is -2.04. The molecule has 0 bridgehead atoms. The van der Waals surface area contributed by atoms with E-state index in [0.29, 0.717) is 17.4 Å². The van der Waals surface area contributed by atoms with Gasteiger partial charge < -0.3 is 15.0 Å². The van der Waals surface area contributed by atoms with Crippen LogP contribution in [-0.2, 0) is 4.79 Å². The van der Waals surface area contributed by atoms with Gasteiger partial charge in [-0.05, 0) is 43.9 Å². The van der Waals surface area contributed by atoms with Gasteiger partial charge in [0.1, 0.15) is 11.8 Å². The van der Waals surface area contributed by atoms with Gasteiger partial charge in [0.05, 0.1) is 7.11 Å². The van der Waals surface area contributed by atoms with E-state index < -0.39 is 0 Å². The Labute approximate surface area is 124 Å². The first-order valence-electron chi connectivity index (χ1n) is 7.44. The highest BCUT2D eigenvalue weighted by Gasteiger charge is 2.41. The van der Waals surface area contributed by atoms with Crippen molar-refractivity contribution in [2.45, 2.75) is 37.8 Å². The number of fused-ring (bicyclic) bond motifs is 1. The highest BCUT2D eigenvalue weighted by molar-refractivity contribution is 5.98. The van der Waals surface area contributed by atoms with E-state index in [9.17, 15) is 9.59 Å². The first-order chi connectivity index (χ1) is 10.2. The van der Waals surface area contributed by atoms with E-state index in [-0.39, 0.29) is 17.9 Å². The number of rotatable bonds is 3. The molecule has 3 rings (SSSR count). The summed E-state index contributed by atoms with van der Waals surface area (Å²) in [6.07, 6.45) is 4.02. The van der Waals surface area contributed by atoms with Crippen molar-refractivity contribution in [3.63, 3.8) is 0 Å². The molecule has 1 aromatic carbocycles. The average molecular weight is 288 g/mol. The molecule has 0 aromatic heterocycles. The summed E-state index contributed by atoms with van der Waals surface area (Å²) in [7, 11) is 1.56. The molecule has 2 unspecified atom stereocenters. The van der Waals surface area contributed by atoms with Gasteiger partial charge in [-0.25, -0.2) is 0 Å². The predicted octanol–water partition coefficient (Wildman–Crippen LogP) is 1.58. The molecular weight excluding hydrogens is 268 g/mol. The van der Waals surface area contributed by atoms with E-state index in [1.54, 1.807) is 31.4 Å². The van der Waals surface area contributed by atoms with E-state index >= 15 is 0 Å². The molecule has 112 valence electrons. The van der Waals surface area contributed by atoms with Gasteiger partial charge in [-0.3, -0.25) is 9.59 Å². The highest BCUT2D eigenvalue weighted by atomic mass is 16.5. The maximum atomic E-state index is 12.3. The third-order valence-electron chi connectivity index (χ3n) is 4.35. The maximum Gasteiger partial charge on any atom is 0.252 e. The van der Waals surface area contributed by atoms with Crippen molar-refractivity contribution in [3.05, 3.63) is 29.8 Å². The predicted molar refractivity (Wildman–Crippen MR) is 78.2 cm³/mol. The smallest absolute Gasteiger partial charge is 0.252 e. The summed E-state index contributed by atoms with van der Waals surface area (Å²) in [5, 5.41) is 2.87. The van der Waals surface area contributed by atoms with Crippen LogP contribution in [0.2, 0.25) is 0 Å². The topological polar surface area (TPSA) is 58.6 Å². The molecule has 2 amide bonds. The molecule has 5 heteroatoms. The van der Waals surface area contributed by atoms with Crippen molar-refractivity contribution in [3.8, 4) is 5.75 Å². The van der Waals surface area contributed by atoms with Crippen molar-refractivity contribution in [2.24, 2.45) is 0 Å². The number of piperidine rings is 1. The van der Waals surface area contributed by atoms with Crippen molar-refractivity contribution < 1.29 is 14.3 Å². The molecule has 0 aliphatic carbocycles. The summed E-state index contributed by atoms with van der Waals surface area (Å²) in [5.41, 5.74) is 0.520. The van der Waals surface area contributed by atoms with Crippen LogP contribution < -0.4 is 10.1 Å². The monoisotopic (exact) mass is 288 g/mol. The molecule has 0 radical (unpaired) electrons. The number of nitrogens with one attached hydrogen (secondary N) is 1. The molecule has 1 aromatic rings. The van der Waals surface area contributed by atoms with Gasteiger partial charge in [-0.2, -0.15) is 0 Å². The SMILES string of the molecule is COc1cccc(C(=O)NC2CC3CCCCN3C2=O)c1. The highest BCUT2D eigenvalue weighted by Crippen LogP contribution is 2.28. The van der Waals surface area contributed by atoms with Crippen molar-refractivity contribution in [1.82, 2.24) is 10.2 Å². The maximum absolute atomic E-state index is 12.3. The number of benzene rings is 1. The minimum absolute atomic E-state index is 0.0657. The van der Waals surface area contributed by atoms with Gasteiger partial charge in [-0.15, -0.1) is 0 Å². The van der Waals surface area contributed by atoms with Gasteiger partial charge in [0.2, 0.25) is 5.91 Å². The van der Waals surface area contributed by atoms with E-state index in [2.05, 4.69) is 5.32 Å². The van der Waals surface area contributed by atoms with Gasteiger partial charge >= 0.3 is 0 Å². The summed E-state index contributed by atoms with van der Waals surface area (Å²) < 4.78 is 5.12. The Kier molecular flexibility index (Phi) is 3.82. The molecule has 5 nitrogen and oxygen atoms in total. The second kappa shape index (κ2) is 5.76. The van der Waals surface area contributed by atoms with E-state index in [1.165, 1.54) is 6.42 Å². The third kappa shape index (κ3) is 2.73. The molecule has 0 saturated carbocycles. The molecule has 2 fully saturated rings. The number of ether oxygens (including phenoxy) is 1.